The molecule has 3 N–H and O–H groups in total. The maximum atomic E-state index is 13.0. The molecule has 6 nitrogen and oxygen atoms in total. The second-order valence-electron chi connectivity index (χ2n) is 7.92. The van der Waals surface area contributed by atoms with Crippen LogP contribution in [0.3, 0.4) is 0 Å². The van der Waals surface area contributed by atoms with Crippen molar-refractivity contribution in [3.05, 3.63) is 71.5 Å². The number of rotatable bonds is 8. The van der Waals surface area contributed by atoms with E-state index in [1.165, 1.54) is 36.7 Å². The fraction of sp³-hybridized carbons (Fsp3) is 0.292. The molecular weight excluding hydrogens is 431 g/mol. The molecule has 0 saturated heterocycles. The molecule has 33 heavy (non-hydrogen) atoms. The van der Waals surface area contributed by atoms with E-state index in [9.17, 15) is 18.0 Å². The molecule has 172 valence electrons. The van der Waals surface area contributed by atoms with Crippen LogP contribution in [-0.2, 0) is 6.18 Å². The Balaban J connectivity index is 1.60. The molecule has 1 aliphatic carbocycles. The Morgan fingerprint density at radius 1 is 1.06 bits per heavy atom. The number of nitrogens with one attached hydrogen (secondary N) is 3. The van der Waals surface area contributed by atoms with Crippen LogP contribution < -0.4 is 16.0 Å². The average molecular weight is 455 g/mol. The lowest BCUT2D eigenvalue weighted by molar-refractivity contribution is -0.141. The highest BCUT2D eigenvalue weighted by Crippen LogP contribution is 2.40. The van der Waals surface area contributed by atoms with Gasteiger partial charge in [-0.3, -0.25) is 4.79 Å². The zero-order valence-corrected chi connectivity index (χ0v) is 18.0. The van der Waals surface area contributed by atoms with Gasteiger partial charge in [-0.1, -0.05) is 25.1 Å². The van der Waals surface area contributed by atoms with E-state index in [4.69, 9.17) is 0 Å². The van der Waals surface area contributed by atoms with Crippen molar-refractivity contribution < 1.29 is 18.0 Å². The maximum absolute atomic E-state index is 13.0. The van der Waals surface area contributed by atoms with Crippen LogP contribution in [0.5, 0.6) is 0 Å². The standard InChI is InChI=1S/C24H24F3N5O/c1-2-12-28-23(33)18-14-29-22(32-21-5-3-4-20(31-21)24(25,26)27)13-19(18)30-17-10-8-16(9-11-17)15-6-7-15/h3-5,8-11,13-15H,2,6-7,12H2,1H3,(H,28,33)(H2,29,30,31,32). The summed E-state index contributed by atoms with van der Waals surface area (Å²) in [6.45, 7) is 2.47. The number of hydrogen-bond acceptors (Lipinski definition) is 5. The number of nitrogens with zero attached hydrogens (tertiary/aromatic N) is 2. The summed E-state index contributed by atoms with van der Waals surface area (Å²) < 4.78 is 38.9. The van der Waals surface area contributed by atoms with Crippen molar-refractivity contribution in [1.82, 2.24) is 15.3 Å². The van der Waals surface area contributed by atoms with Crippen molar-refractivity contribution in [1.29, 1.82) is 0 Å². The van der Waals surface area contributed by atoms with Crippen LogP contribution >= 0.6 is 0 Å². The number of carbonyl (C=O) groups excluding carboxylic acids is 1. The number of amides is 1. The Hall–Kier alpha value is -3.62. The highest BCUT2D eigenvalue weighted by molar-refractivity contribution is 6.00. The second kappa shape index (κ2) is 9.48. The van der Waals surface area contributed by atoms with E-state index in [0.717, 1.165) is 18.2 Å². The average Bonchev–Trinajstić information content (AvgIpc) is 3.63. The number of carbonyl (C=O) groups is 1. The Morgan fingerprint density at radius 2 is 1.82 bits per heavy atom. The molecule has 1 amide bonds. The summed E-state index contributed by atoms with van der Waals surface area (Å²) in [5.74, 6) is 0.600. The zero-order chi connectivity index (χ0) is 23.4. The number of alkyl halides is 3. The maximum Gasteiger partial charge on any atom is 0.433 e. The second-order valence-corrected chi connectivity index (χ2v) is 7.92. The minimum Gasteiger partial charge on any atom is -0.355 e. The van der Waals surface area contributed by atoms with Gasteiger partial charge < -0.3 is 16.0 Å². The van der Waals surface area contributed by atoms with Crippen molar-refractivity contribution >= 4 is 28.9 Å². The predicted molar refractivity (Wildman–Crippen MR) is 121 cm³/mol. The molecule has 2 aromatic heterocycles. The van der Waals surface area contributed by atoms with E-state index in [2.05, 4.69) is 38.1 Å². The van der Waals surface area contributed by atoms with E-state index in [1.807, 2.05) is 19.1 Å². The van der Waals surface area contributed by atoms with Gasteiger partial charge in [0, 0.05) is 24.5 Å². The first-order valence-electron chi connectivity index (χ1n) is 10.8. The molecule has 3 aromatic rings. The van der Waals surface area contributed by atoms with Crippen LogP contribution in [0.1, 0.15) is 53.7 Å². The molecule has 9 heteroatoms. The van der Waals surface area contributed by atoms with Crippen LogP contribution in [0.4, 0.5) is 36.2 Å². The lowest BCUT2D eigenvalue weighted by atomic mass is 10.1. The summed E-state index contributed by atoms with van der Waals surface area (Å²) in [6.07, 6.45) is 0.0356. The van der Waals surface area contributed by atoms with Gasteiger partial charge in [-0.2, -0.15) is 13.2 Å². The summed E-state index contributed by atoms with van der Waals surface area (Å²) in [6, 6.07) is 13.2. The Morgan fingerprint density at radius 3 is 2.48 bits per heavy atom. The normalized spacial score (nSPS) is 13.5. The zero-order valence-electron chi connectivity index (χ0n) is 18.0. The highest BCUT2D eigenvalue weighted by atomic mass is 19.4. The van der Waals surface area contributed by atoms with Crippen molar-refractivity contribution in [3.63, 3.8) is 0 Å². The molecule has 2 heterocycles. The third kappa shape index (κ3) is 5.79. The lowest BCUT2D eigenvalue weighted by Gasteiger charge is -2.15. The van der Waals surface area contributed by atoms with E-state index in [0.29, 0.717) is 23.7 Å². The SMILES string of the molecule is CCCNC(=O)c1cnc(Nc2cccc(C(F)(F)F)n2)cc1Nc1ccc(C2CC2)cc1. The van der Waals surface area contributed by atoms with E-state index < -0.39 is 11.9 Å². The van der Waals surface area contributed by atoms with Crippen molar-refractivity contribution in [3.8, 4) is 0 Å². The van der Waals surface area contributed by atoms with E-state index >= 15 is 0 Å². The van der Waals surface area contributed by atoms with Crippen molar-refractivity contribution in [2.24, 2.45) is 0 Å². The van der Waals surface area contributed by atoms with Crippen LogP contribution in [0.25, 0.3) is 0 Å². The predicted octanol–water partition coefficient (Wildman–Crippen LogP) is 6.00. The fourth-order valence-electron chi connectivity index (χ4n) is 3.35. The van der Waals surface area contributed by atoms with Gasteiger partial charge in [-0.05, 0) is 55.0 Å². The van der Waals surface area contributed by atoms with Gasteiger partial charge in [0.25, 0.3) is 5.91 Å². The molecular formula is C24H24F3N5O. The molecule has 0 unspecified atom stereocenters. The van der Waals surface area contributed by atoms with Crippen LogP contribution in [0.2, 0.25) is 0 Å². The number of hydrogen-bond donors (Lipinski definition) is 3. The summed E-state index contributed by atoms with van der Waals surface area (Å²) >= 11 is 0. The van der Waals surface area contributed by atoms with E-state index in [1.54, 1.807) is 6.07 Å². The summed E-state index contributed by atoms with van der Waals surface area (Å²) in [5, 5.41) is 8.85. The van der Waals surface area contributed by atoms with E-state index in [-0.39, 0.29) is 17.5 Å². The number of anilines is 4. The quantitative estimate of drug-likeness (QED) is 0.388. The molecule has 1 aliphatic rings. The van der Waals surface area contributed by atoms with Gasteiger partial charge in [0.15, 0.2) is 0 Å². The molecule has 0 radical (unpaired) electrons. The summed E-state index contributed by atoms with van der Waals surface area (Å²) in [4.78, 5) is 20.5. The molecule has 0 spiro atoms. The molecule has 0 atom stereocenters. The summed E-state index contributed by atoms with van der Waals surface area (Å²) in [7, 11) is 0. The minimum atomic E-state index is -4.55. The first-order chi connectivity index (χ1) is 15.8. The van der Waals surface area contributed by atoms with Gasteiger partial charge in [-0.25, -0.2) is 9.97 Å². The van der Waals surface area contributed by atoms with Crippen LogP contribution in [0, 0.1) is 0 Å². The fourth-order valence-corrected chi connectivity index (χ4v) is 3.35. The number of aromatic nitrogens is 2. The van der Waals surface area contributed by atoms with Gasteiger partial charge >= 0.3 is 6.18 Å². The van der Waals surface area contributed by atoms with Gasteiger partial charge in [-0.15, -0.1) is 0 Å². The molecule has 1 saturated carbocycles. The third-order valence-electron chi connectivity index (χ3n) is 5.22. The van der Waals surface area contributed by atoms with Crippen molar-refractivity contribution in [2.45, 2.75) is 38.3 Å². The molecule has 0 bridgehead atoms. The topological polar surface area (TPSA) is 78.9 Å². The first kappa shape index (κ1) is 22.6. The molecule has 1 aromatic carbocycles. The highest BCUT2D eigenvalue weighted by Gasteiger charge is 2.32. The molecule has 4 rings (SSSR count). The summed E-state index contributed by atoms with van der Waals surface area (Å²) in [5.41, 5.74) is 1.88. The Kier molecular flexibility index (Phi) is 6.48. The van der Waals surface area contributed by atoms with Crippen molar-refractivity contribution in [2.75, 3.05) is 17.2 Å². The lowest BCUT2D eigenvalue weighted by Crippen LogP contribution is -2.25. The number of pyridine rings is 2. The van der Waals surface area contributed by atoms with Gasteiger partial charge in [0.2, 0.25) is 0 Å². The largest absolute Gasteiger partial charge is 0.433 e. The number of halogens is 3. The Labute approximate surface area is 189 Å². The first-order valence-corrected chi connectivity index (χ1v) is 10.8. The van der Waals surface area contributed by atoms with Gasteiger partial charge in [0.1, 0.15) is 17.3 Å². The number of benzene rings is 1. The molecule has 0 aliphatic heterocycles. The van der Waals surface area contributed by atoms with Gasteiger partial charge in [0.05, 0.1) is 11.3 Å². The smallest absolute Gasteiger partial charge is 0.355 e. The van der Waals surface area contributed by atoms with Crippen LogP contribution in [0.15, 0.2) is 54.7 Å². The monoisotopic (exact) mass is 455 g/mol. The third-order valence-corrected chi connectivity index (χ3v) is 5.22. The van der Waals surface area contributed by atoms with Crippen LogP contribution in [-0.4, -0.2) is 22.4 Å². The molecule has 1 fully saturated rings. The minimum absolute atomic E-state index is 0.000228. The Bertz CT molecular complexity index is 1130.